The summed E-state index contributed by atoms with van der Waals surface area (Å²) in [5.41, 5.74) is 6.58. The van der Waals surface area contributed by atoms with E-state index in [0.717, 1.165) is 12.1 Å². The van der Waals surface area contributed by atoms with Crippen molar-refractivity contribution >= 4 is 30.2 Å². The van der Waals surface area contributed by atoms with Gasteiger partial charge in [-0.05, 0) is 15.9 Å². The molecule has 0 saturated carbocycles. The summed E-state index contributed by atoms with van der Waals surface area (Å²) in [5.74, 6) is -0.401. The average Bonchev–Trinajstić information content (AvgIpc) is 2.93. The fraction of sp³-hybridized carbons (Fsp3) is 0.214. The molecule has 0 radical (unpaired) electrons. The number of nitrogen functional groups attached to an aromatic ring is 1. The van der Waals surface area contributed by atoms with Gasteiger partial charge in [0.05, 0.1) is 0 Å². The van der Waals surface area contributed by atoms with Crippen LogP contribution in [0.1, 0.15) is 16.1 Å². The van der Waals surface area contributed by atoms with Crippen LogP contribution in [0.4, 0.5) is 5.82 Å². The van der Waals surface area contributed by atoms with Gasteiger partial charge in [0.1, 0.15) is 0 Å². The molecule has 2 rings (SSSR count). The second-order valence-corrected chi connectivity index (χ2v) is 4.27. The number of hydrogen-bond acceptors (Lipinski definition) is 6. The molecule has 8 heteroatoms. The number of benzene rings is 1. The number of amides is 1. The van der Waals surface area contributed by atoms with E-state index in [1.807, 2.05) is 42.5 Å². The van der Waals surface area contributed by atoms with E-state index in [1.165, 1.54) is 0 Å². The summed E-state index contributed by atoms with van der Waals surface area (Å²) in [5, 5.41) is 12.6. The number of anilines is 1. The maximum absolute atomic E-state index is 11.6. The van der Waals surface area contributed by atoms with E-state index >= 15 is 0 Å². The predicted octanol–water partition coefficient (Wildman–Crippen LogP) is 1.11. The van der Waals surface area contributed by atoms with Crippen molar-refractivity contribution in [2.75, 3.05) is 25.4 Å². The maximum Gasteiger partial charge on any atom is 0.277 e. The zero-order valence-electron chi connectivity index (χ0n) is 11.9. The van der Waals surface area contributed by atoms with Crippen LogP contribution in [0.5, 0.6) is 0 Å². The smallest absolute Gasteiger partial charge is 0.277 e. The number of nitrogens with one attached hydrogen (secondary N) is 2. The van der Waals surface area contributed by atoms with E-state index in [9.17, 15) is 4.79 Å². The number of rotatable bonds is 7. The van der Waals surface area contributed by atoms with Crippen molar-refractivity contribution in [3.8, 4) is 0 Å². The third kappa shape index (κ3) is 5.55. The lowest BCUT2D eigenvalue weighted by molar-refractivity contribution is 0.0945. The number of halogens is 1. The Hall–Kier alpha value is -2.38. The largest absolute Gasteiger partial charge is 0.379 e. The molecule has 0 bridgehead atoms. The Bertz CT molecular complexity index is 600. The van der Waals surface area contributed by atoms with Gasteiger partial charge in [0.25, 0.3) is 5.91 Å². The van der Waals surface area contributed by atoms with E-state index in [2.05, 4.69) is 25.6 Å². The summed E-state index contributed by atoms with van der Waals surface area (Å²) in [6.07, 6.45) is 4.06. The lowest BCUT2D eigenvalue weighted by atomic mass is 10.2. The molecule has 0 aliphatic heterocycles. The fourth-order valence-corrected chi connectivity index (χ4v) is 1.65. The maximum atomic E-state index is 11.6. The molecule has 4 N–H and O–H groups in total. The summed E-state index contributed by atoms with van der Waals surface area (Å²) >= 11 is 0. The summed E-state index contributed by atoms with van der Waals surface area (Å²) in [4.78, 5) is 11.6. The molecular formula is C14H18ClN5O2. The molecule has 1 aromatic heterocycles. The van der Waals surface area contributed by atoms with Crippen LogP contribution < -0.4 is 16.4 Å². The number of nitrogens with two attached hydrogens (primary N) is 1. The highest BCUT2D eigenvalue weighted by Gasteiger charge is 2.14. The predicted molar refractivity (Wildman–Crippen MR) is 86.6 cm³/mol. The summed E-state index contributed by atoms with van der Waals surface area (Å²) in [7, 11) is 0. The van der Waals surface area contributed by atoms with Gasteiger partial charge in [-0.15, -0.1) is 12.4 Å². The Balaban J connectivity index is 0.00000242. The third-order valence-electron chi connectivity index (χ3n) is 2.69. The van der Waals surface area contributed by atoms with Crippen LogP contribution >= 0.6 is 12.4 Å². The molecule has 0 saturated heterocycles. The lowest BCUT2D eigenvalue weighted by Crippen LogP contribution is -2.32. The van der Waals surface area contributed by atoms with E-state index in [-0.39, 0.29) is 23.9 Å². The number of hydrogen-bond donors (Lipinski definition) is 3. The van der Waals surface area contributed by atoms with Crippen LogP contribution in [0, 0.1) is 0 Å². The third-order valence-corrected chi connectivity index (χ3v) is 2.69. The molecule has 1 aromatic carbocycles. The second kappa shape index (κ2) is 9.54. The van der Waals surface area contributed by atoms with Crippen molar-refractivity contribution in [2.24, 2.45) is 0 Å². The van der Waals surface area contributed by atoms with E-state index in [0.29, 0.717) is 13.1 Å². The Kier molecular flexibility index (Phi) is 7.66. The van der Waals surface area contributed by atoms with Gasteiger partial charge in [0.15, 0.2) is 0 Å². The van der Waals surface area contributed by atoms with Crippen molar-refractivity contribution in [1.29, 1.82) is 0 Å². The Morgan fingerprint density at radius 3 is 2.68 bits per heavy atom. The zero-order chi connectivity index (χ0) is 14.9. The van der Waals surface area contributed by atoms with Crippen LogP contribution in [0.25, 0.3) is 6.08 Å². The van der Waals surface area contributed by atoms with E-state index < -0.39 is 5.91 Å². The van der Waals surface area contributed by atoms with Gasteiger partial charge >= 0.3 is 0 Å². The van der Waals surface area contributed by atoms with Crippen LogP contribution in [0.3, 0.4) is 0 Å². The van der Waals surface area contributed by atoms with Gasteiger partial charge in [0.2, 0.25) is 11.5 Å². The summed E-state index contributed by atoms with van der Waals surface area (Å²) in [6.45, 7) is 1.82. The average molecular weight is 324 g/mol. The molecule has 0 fully saturated rings. The molecule has 7 nitrogen and oxygen atoms in total. The van der Waals surface area contributed by atoms with E-state index in [4.69, 9.17) is 5.73 Å². The molecule has 1 heterocycles. The zero-order valence-corrected chi connectivity index (χ0v) is 12.7. The van der Waals surface area contributed by atoms with Gasteiger partial charge in [-0.2, -0.15) is 0 Å². The number of carbonyl (C=O) groups is 1. The van der Waals surface area contributed by atoms with Gasteiger partial charge in [-0.1, -0.05) is 42.5 Å². The van der Waals surface area contributed by atoms with Gasteiger partial charge in [0, 0.05) is 19.6 Å². The summed E-state index contributed by atoms with van der Waals surface area (Å²) < 4.78 is 4.36. The fourth-order valence-electron chi connectivity index (χ4n) is 1.65. The SMILES string of the molecule is Cl.Nc1nonc1C(=O)NCCNC/C=C/c1ccccc1. The molecule has 0 atom stereocenters. The molecule has 2 aromatic rings. The van der Waals surface area contributed by atoms with Crippen LogP contribution in [-0.2, 0) is 0 Å². The van der Waals surface area contributed by atoms with Crippen molar-refractivity contribution < 1.29 is 9.42 Å². The first-order valence-electron chi connectivity index (χ1n) is 6.56. The van der Waals surface area contributed by atoms with Crippen molar-refractivity contribution in [2.45, 2.75) is 0 Å². The molecule has 0 aliphatic rings. The number of carbonyl (C=O) groups excluding carboxylic acids is 1. The first-order chi connectivity index (χ1) is 10.3. The summed E-state index contributed by atoms with van der Waals surface area (Å²) in [6, 6.07) is 10.0. The first-order valence-corrected chi connectivity index (χ1v) is 6.56. The highest BCUT2D eigenvalue weighted by atomic mass is 35.5. The Morgan fingerprint density at radius 1 is 1.23 bits per heavy atom. The standard InChI is InChI=1S/C14H17N5O2.ClH/c15-13-12(18-21-19-13)14(20)17-10-9-16-8-4-7-11-5-2-1-3-6-11;/h1-7,16H,8-10H2,(H2,15,19)(H,17,20);1H/b7-4+;. The number of aromatic nitrogens is 2. The Labute approximate surface area is 134 Å². The first kappa shape index (κ1) is 17.7. The minimum atomic E-state index is -0.393. The molecule has 0 spiro atoms. The second-order valence-electron chi connectivity index (χ2n) is 4.27. The molecule has 22 heavy (non-hydrogen) atoms. The molecule has 0 unspecified atom stereocenters. The quantitative estimate of drug-likeness (QED) is 0.659. The van der Waals surface area contributed by atoms with Crippen LogP contribution in [0.15, 0.2) is 41.0 Å². The van der Waals surface area contributed by atoms with Crippen molar-refractivity contribution in [3.63, 3.8) is 0 Å². The molecular weight excluding hydrogens is 306 g/mol. The van der Waals surface area contributed by atoms with Crippen LogP contribution in [-0.4, -0.2) is 35.9 Å². The van der Waals surface area contributed by atoms with Crippen molar-refractivity contribution in [3.05, 3.63) is 47.7 Å². The van der Waals surface area contributed by atoms with Gasteiger partial charge < -0.3 is 16.4 Å². The minimum Gasteiger partial charge on any atom is -0.379 e. The Morgan fingerprint density at radius 2 is 2.00 bits per heavy atom. The lowest BCUT2D eigenvalue weighted by Gasteiger charge is -2.03. The molecule has 1 amide bonds. The topological polar surface area (TPSA) is 106 Å². The van der Waals surface area contributed by atoms with Crippen molar-refractivity contribution in [1.82, 2.24) is 20.9 Å². The van der Waals surface area contributed by atoms with Crippen LogP contribution in [0.2, 0.25) is 0 Å². The van der Waals surface area contributed by atoms with Gasteiger partial charge in [-0.3, -0.25) is 4.79 Å². The number of nitrogens with zero attached hydrogens (tertiary/aromatic N) is 2. The highest BCUT2D eigenvalue weighted by Crippen LogP contribution is 2.02. The highest BCUT2D eigenvalue weighted by molar-refractivity contribution is 5.95. The molecule has 0 aliphatic carbocycles. The molecule has 118 valence electrons. The van der Waals surface area contributed by atoms with Gasteiger partial charge in [-0.25, -0.2) is 4.63 Å². The minimum absolute atomic E-state index is 0. The van der Waals surface area contributed by atoms with E-state index in [1.54, 1.807) is 0 Å². The monoisotopic (exact) mass is 323 g/mol. The normalized spacial score (nSPS) is 10.4.